The van der Waals surface area contributed by atoms with Crippen molar-refractivity contribution in [3.05, 3.63) is 0 Å². The lowest BCUT2D eigenvalue weighted by Gasteiger charge is -2.15. The molecule has 0 radical (unpaired) electrons. The molecular weight excluding hydrogens is 242 g/mol. The van der Waals surface area contributed by atoms with Gasteiger partial charge in [0.25, 0.3) is 0 Å². The summed E-state index contributed by atoms with van der Waals surface area (Å²) in [6.45, 7) is 1.81. The number of hydrogen-bond acceptors (Lipinski definition) is 5. The maximum Gasteiger partial charge on any atom is 0.310 e. The smallest absolute Gasteiger partial charge is 0.310 e. The average molecular weight is 261 g/mol. The molecule has 0 saturated carbocycles. The van der Waals surface area contributed by atoms with Crippen molar-refractivity contribution in [2.45, 2.75) is 6.42 Å². The number of nitrogens with zero attached hydrogens (tertiary/aromatic N) is 1. The van der Waals surface area contributed by atoms with E-state index in [1.54, 1.807) is 23.8 Å². The molecule has 1 heterocycles. The highest BCUT2D eigenvalue weighted by atomic mass is 32.2. The molecule has 1 amide bonds. The minimum absolute atomic E-state index is 0.0949. The third-order valence-corrected chi connectivity index (χ3v) is 3.64. The summed E-state index contributed by atoms with van der Waals surface area (Å²) < 4.78 is 9.58. The Kier molecular flexibility index (Phi) is 6.36. The van der Waals surface area contributed by atoms with Crippen LogP contribution in [0.4, 0.5) is 0 Å². The van der Waals surface area contributed by atoms with Crippen molar-refractivity contribution in [3.63, 3.8) is 0 Å². The molecule has 0 aromatic carbocycles. The number of hydrogen-bond donors (Lipinski definition) is 0. The van der Waals surface area contributed by atoms with Gasteiger partial charge >= 0.3 is 5.97 Å². The highest BCUT2D eigenvalue weighted by Gasteiger charge is 2.31. The van der Waals surface area contributed by atoms with Crippen molar-refractivity contribution in [1.82, 2.24) is 4.90 Å². The van der Waals surface area contributed by atoms with Crippen LogP contribution in [0, 0.1) is 5.92 Å². The largest absolute Gasteiger partial charge is 0.469 e. The van der Waals surface area contributed by atoms with Crippen molar-refractivity contribution >= 4 is 23.6 Å². The Morgan fingerprint density at radius 1 is 1.41 bits per heavy atom. The number of amides is 1. The highest BCUT2D eigenvalue weighted by molar-refractivity contribution is 7.99. The fourth-order valence-electron chi connectivity index (χ4n) is 1.74. The Hall–Kier alpha value is -0.750. The number of methoxy groups -OCH3 is 2. The number of likely N-dealkylation sites (tertiary alicyclic amines) is 1. The molecule has 1 aliphatic rings. The Morgan fingerprint density at radius 3 is 2.82 bits per heavy atom. The summed E-state index contributed by atoms with van der Waals surface area (Å²) in [4.78, 5) is 24.8. The maximum absolute atomic E-state index is 11.8. The van der Waals surface area contributed by atoms with E-state index < -0.39 is 0 Å². The van der Waals surface area contributed by atoms with Crippen molar-refractivity contribution in [1.29, 1.82) is 0 Å². The Balaban J connectivity index is 2.23. The Bertz CT molecular complexity index is 272. The third-order valence-electron chi connectivity index (χ3n) is 2.73. The first-order valence-corrected chi connectivity index (χ1v) is 6.76. The molecule has 17 heavy (non-hydrogen) atoms. The highest BCUT2D eigenvalue weighted by Crippen LogP contribution is 2.18. The number of carbonyl (C=O) groups is 2. The fraction of sp³-hybridized carbons (Fsp3) is 0.818. The predicted octanol–water partition coefficient (Wildman–Crippen LogP) is 0.387. The molecule has 1 unspecified atom stereocenters. The third kappa shape index (κ3) is 4.55. The first-order valence-electron chi connectivity index (χ1n) is 5.61. The van der Waals surface area contributed by atoms with Crippen LogP contribution in [0.3, 0.4) is 0 Å². The lowest BCUT2D eigenvalue weighted by Crippen LogP contribution is -2.31. The molecule has 1 atom stereocenters. The van der Waals surface area contributed by atoms with Crippen LogP contribution in [0.5, 0.6) is 0 Å². The molecule has 1 saturated heterocycles. The summed E-state index contributed by atoms with van der Waals surface area (Å²) in [7, 11) is 3.03. The SMILES string of the molecule is COCCSCC(=O)N1CCC(C(=O)OC)C1. The zero-order valence-electron chi connectivity index (χ0n) is 10.3. The van der Waals surface area contributed by atoms with E-state index in [0.29, 0.717) is 31.9 Å². The minimum atomic E-state index is -0.215. The van der Waals surface area contributed by atoms with E-state index in [0.717, 1.165) is 5.75 Å². The van der Waals surface area contributed by atoms with Gasteiger partial charge in [-0.05, 0) is 6.42 Å². The fourth-order valence-corrected chi connectivity index (χ4v) is 2.52. The maximum atomic E-state index is 11.8. The zero-order chi connectivity index (χ0) is 12.7. The standard InChI is InChI=1S/C11H19NO4S/c1-15-5-6-17-8-10(13)12-4-3-9(7-12)11(14)16-2/h9H,3-8H2,1-2H3. The molecule has 6 heteroatoms. The van der Waals surface area contributed by atoms with Gasteiger partial charge < -0.3 is 14.4 Å². The van der Waals surface area contributed by atoms with Crippen LogP contribution < -0.4 is 0 Å². The summed E-state index contributed by atoms with van der Waals surface area (Å²) in [5, 5.41) is 0. The lowest BCUT2D eigenvalue weighted by atomic mass is 10.1. The molecule has 1 aliphatic heterocycles. The predicted molar refractivity (Wildman–Crippen MR) is 65.9 cm³/mol. The molecule has 0 aromatic heterocycles. The van der Waals surface area contributed by atoms with Gasteiger partial charge in [0.15, 0.2) is 0 Å². The summed E-state index contributed by atoms with van der Waals surface area (Å²) >= 11 is 1.56. The van der Waals surface area contributed by atoms with E-state index in [4.69, 9.17) is 4.74 Å². The zero-order valence-corrected chi connectivity index (χ0v) is 11.1. The van der Waals surface area contributed by atoms with Gasteiger partial charge in [-0.15, -0.1) is 11.8 Å². The van der Waals surface area contributed by atoms with Crippen molar-refractivity contribution in [3.8, 4) is 0 Å². The Morgan fingerprint density at radius 2 is 2.18 bits per heavy atom. The molecule has 0 aromatic rings. The van der Waals surface area contributed by atoms with Gasteiger partial charge in [0, 0.05) is 26.0 Å². The number of ether oxygens (including phenoxy) is 2. The van der Waals surface area contributed by atoms with Gasteiger partial charge in [-0.3, -0.25) is 9.59 Å². The monoisotopic (exact) mass is 261 g/mol. The van der Waals surface area contributed by atoms with Gasteiger partial charge in [0.2, 0.25) is 5.91 Å². The first kappa shape index (κ1) is 14.3. The molecule has 0 bridgehead atoms. The number of thioether (sulfide) groups is 1. The van der Waals surface area contributed by atoms with Crippen LogP contribution in [-0.4, -0.2) is 62.2 Å². The lowest BCUT2D eigenvalue weighted by molar-refractivity contribution is -0.145. The van der Waals surface area contributed by atoms with Crippen LogP contribution in [0.1, 0.15) is 6.42 Å². The quantitative estimate of drug-likeness (QED) is 0.511. The average Bonchev–Trinajstić information content (AvgIpc) is 2.83. The van der Waals surface area contributed by atoms with E-state index in [1.165, 1.54) is 7.11 Å². The molecule has 0 aliphatic carbocycles. The van der Waals surface area contributed by atoms with Crippen LogP contribution in [-0.2, 0) is 19.1 Å². The summed E-state index contributed by atoms with van der Waals surface area (Å²) in [6, 6.07) is 0. The van der Waals surface area contributed by atoms with Crippen LogP contribution in [0.15, 0.2) is 0 Å². The van der Waals surface area contributed by atoms with Crippen LogP contribution in [0.2, 0.25) is 0 Å². The van der Waals surface area contributed by atoms with E-state index >= 15 is 0 Å². The molecule has 1 fully saturated rings. The van der Waals surface area contributed by atoms with Gasteiger partial charge in [-0.1, -0.05) is 0 Å². The van der Waals surface area contributed by atoms with Crippen molar-refractivity contribution in [2.24, 2.45) is 5.92 Å². The summed E-state index contributed by atoms with van der Waals surface area (Å²) in [6.07, 6.45) is 0.709. The van der Waals surface area contributed by atoms with E-state index in [9.17, 15) is 9.59 Å². The van der Waals surface area contributed by atoms with E-state index in [1.807, 2.05) is 0 Å². The van der Waals surface area contributed by atoms with Crippen molar-refractivity contribution in [2.75, 3.05) is 45.4 Å². The van der Waals surface area contributed by atoms with Crippen LogP contribution >= 0.6 is 11.8 Å². The second-order valence-electron chi connectivity index (χ2n) is 3.89. The first-order chi connectivity index (χ1) is 8.19. The van der Waals surface area contributed by atoms with E-state index in [2.05, 4.69) is 4.74 Å². The topological polar surface area (TPSA) is 55.8 Å². The van der Waals surface area contributed by atoms with Gasteiger partial charge in [0.05, 0.1) is 25.4 Å². The second-order valence-corrected chi connectivity index (χ2v) is 5.00. The minimum Gasteiger partial charge on any atom is -0.469 e. The summed E-state index contributed by atoms with van der Waals surface area (Å²) in [5.41, 5.74) is 0. The van der Waals surface area contributed by atoms with E-state index in [-0.39, 0.29) is 17.8 Å². The molecule has 5 nitrogen and oxygen atoms in total. The molecule has 0 N–H and O–H groups in total. The number of rotatable bonds is 6. The van der Waals surface area contributed by atoms with Crippen LogP contribution in [0.25, 0.3) is 0 Å². The molecule has 0 spiro atoms. The van der Waals surface area contributed by atoms with Gasteiger partial charge in [-0.2, -0.15) is 0 Å². The molecule has 1 rings (SSSR count). The molecular formula is C11H19NO4S. The van der Waals surface area contributed by atoms with Gasteiger partial charge in [-0.25, -0.2) is 0 Å². The normalized spacial score (nSPS) is 19.4. The number of esters is 1. The summed E-state index contributed by atoms with van der Waals surface area (Å²) in [5.74, 6) is 1.01. The van der Waals surface area contributed by atoms with Gasteiger partial charge in [0.1, 0.15) is 0 Å². The Labute approximate surface area is 106 Å². The second kappa shape index (κ2) is 7.55. The van der Waals surface area contributed by atoms with Crippen molar-refractivity contribution < 1.29 is 19.1 Å². The number of carbonyl (C=O) groups excluding carboxylic acids is 2. The molecule has 98 valence electrons.